The molecule has 0 aromatic heterocycles. The highest BCUT2D eigenvalue weighted by Gasteiger charge is 2.12. The van der Waals surface area contributed by atoms with Crippen LogP contribution in [0.15, 0.2) is 11.5 Å². The molecule has 0 heterocycles. The predicted molar refractivity (Wildman–Crippen MR) is 27.5 cm³/mol. The number of nitrogens with two attached hydrogens (primary N) is 1. The highest BCUT2D eigenvalue weighted by atomic mass is 16.5. The van der Waals surface area contributed by atoms with Crippen LogP contribution >= 0.6 is 0 Å². The summed E-state index contributed by atoms with van der Waals surface area (Å²) >= 11 is 0. The van der Waals surface area contributed by atoms with Gasteiger partial charge < -0.3 is 10.5 Å². The van der Waals surface area contributed by atoms with E-state index >= 15 is 0 Å². The fourth-order valence-electron chi connectivity index (χ4n) is 0.605. The van der Waals surface area contributed by atoms with Crippen molar-refractivity contribution in [1.29, 1.82) is 0 Å². The first-order chi connectivity index (χ1) is 3.34. The molecule has 0 aliphatic heterocycles. The van der Waals surface area contributed by atoms with E-state index in [1.807, 2.05) is 0 Å². The summed E-state index contributed by atoms with van der Waals surface area (Å²) in [5.41, 5.74) is 6.31. The standard InChI is InChI=1S/C5H9NO/c1-7-5-3-2-4(5)6/h2-3,6H2,1H3. The van der Waals surface area contributed by atoms with Gasteiger partial charge in [0.05, 0.1) is 7.11 Å². The van der Waals surface area contributed by atoms with Gasteiger partial charge in [0, 0.05) is 12.1 Å². The molecule has 2 nitrogen and oxygen atoms in total. The molecule has 2 N–H and O–H groups in total. The Hall–Kier alpha value is -0.660. The van der Waals surface area contributed by atoms with Crippen LogP contribution in [0.5, 0.6) is 0 Å². The molecule has 0 amide bonds. The molecule has 7 heavy (non-hydrogen) atoms. The maximum atomic E-state index is 5.39. The maximum absolute atomic E-state index is 5.39. The van der Waals surface area contributed by atoms with Gasteiger partial charge in [-0.1, -0.05) is 0 Å². The van der Waals surface area contributed by atoms with E-state index in [1.165, 1.54) is 0 Å². The maximum Gasteiger partial charge on any atom is 0.115 e. The van der Waals surface area contributed by atoms with E-state index in [-0.39, 0.29) is 0 Å². The summed E-state index contributed by atoms with van der Waals surface area (Å²) < 4.78 is 4.85. The second-order valence-corrected chi connectivity index (χ2v) is 1.65. The predicted octanol–water partition coefficient (Wildman–Crippen LogP) is 0.597. The Morgan fingerprint density at radius 1 is 1.57 bits per heavy atom. The lowest BCUT2D eigenvalue weighted by molar-refractivity contribution is 0.251. The van der Waals surface area contributed by atoms with Crippen LogP contribution in [0.2, 0.25) is 0 Å². The van der Waals surface area contributed by atoms with Gasteiger partial charge in [-0.05, 0) is 6.42 Å². The average molecular weight is 99.1 g/mol. The fraction of sp³-hybridized carbons (Fsp3) is 0.600. The van der Waals surface area contributed by atoms with Crippen molar-refractivity contribution < 1.29 is 4.74 Å². The summed E-state index contributed by atoms with van der Waals surface area (Å²) in [6.45, 7) is 0. The lowest BCUT2D eigenvalue weighted by Gasteiger charge is -2.17. The highest BCUT2D eigenvalue weighted by molar-refractivity contribution is 5.14. The smallest absolute Gasteiger partial charge is 0.115 e. The third-order valence-corrected chi connectivity index (χ3v) is 1.23. The molecule has 0 saturated heterocycles. The van der Waals surface area contributed by atoms with Crippen LogP contribution in [0.1, 0.15) is 12.8 Å². The molecule has 0 radical (unpaired) electrons. The van der Waals surface area contributed by atoms with Crippen molar-refractivity contribution >= 4 is 0 Å². The van der Waals surface area contributed by atoms with Gasteiger partial charge in [0.1, 0.15) is 5.76 Å². The molecule has 0 bridgehead atoms. The first kappa shape index (κ1) is 4.50. The van der Waals surface area contributed by atoms with Crippen molar-refractivity contribution in [3.63, 3.8) is 0 Å². The molecule has 2 heteroatoms. The van der Waals surface area contributed by atoms with E-state index in [9.17, 15) is 0 Å². The molecule has 0 spiro atoms. The lowest BCUT2D eigenvalue weighted by Crippen LogP contribution is -2.12. The topological polar surface area (TPSA) is 35.2 Å². The van der Waals surface area contributed by atoms with Gasteiger partial charge in [-0.15, -0.1) is 0 Å². The number of allylic oxidation sites excluding steroid dienone is 2. The molecule has 0 aromatic carbocycles. The van der Waals surface area contributed by atoms with Crippen LogP contribution in [-0.2, 0) is 4.74 Å². The molecule has 1 rings (SSSR count). The summed E-state index contributed by atoms with van der Waals surface area (Å²) in [6, 6.07) is 0. The molecule has 0 saturated carbocycles. The van der Waals surface area contributed by atoms with Gasteiger partial charge in [0.25, 0.3) is 0 Å². The van der Waals surface area contributed by atoms with Gasteiger partial charge in [0.2, 0.25) is 0 Å². The van der Waals surface area contributed by atoms with E-state index in [0.717, 1.165) is 24.3 Å². The van der Waals surface area contributed by atoms with E-state index in [0.29, 0.717) is 0 Å². The summed E-state index contributed by atoms with van der Waals surface area (Å²) in [4.78, 5) is 0. The van der Waals surface area contributed by atoms with Crippen LogP contribution in [0, 0.1) is 0 Å². The fourth-order valence-corrected chi connectivity index (χ4v) is 0.605. The molecule has 0 fully saturated rings. The molecule has 0 unspecified atom stereocenters. The lowest BCUT2D eigenvalue weighted by atomic mass is 10.0. The van der Waals surface area contributed by atoms with E-state index in [2.05, 4.69) is 0 Å². The minimum atomic E-state index is 0.919. The first-order valence-corrected chi connectivity index (χ1v) is 2.36. The normalized spacial score (nSPS) is 19.0. The van der Waals surface area contributed by atoms with Crippen molar-refractivity contribution in [3.05, 3.63) is 11.5 Å². The number of ether oxygens (including phenoxy) is 1. The number of hydrogen-bond donors (Lipinski definition) is 1. The van der Waals surface area contributed by atoms with E-state index < -0.39 is 0 Å². The zero-order valence-electron chi connectivity index (χ0n) is 4.40. The van der Waals surface area contributed by atoms with Crippen LogP contribution in [0.3, 0.4) is 0 Å². The van der Waals surface area contributed by atoms with Crippen molar-refractivity contribution in [1.82, 2.24) is 0 Å². The zero-order valence-corrected chi connectivity index (χ0v) is 4.40. The number of hydrogen-bond acceptors (Lipinski definition) is 2. The molecule has 40 valence electrons. The quantitative estimate of drug-likeness (QED) is 0.522. The Kier molecular flexibility index (Phi) is 0.929. The molecular formula is C5H9NO. The summed E-state index contributed by atoms with van der Waals surface area (Å²) in [6.07, 6.45) is 2.05. The molecule has 1 aliphatic carbocycles. The van der Waals surface area contributed by atoms with Crippen LogP contribution in [-0.4, -0.2) is 7.11 Å². The van der Waals surface area contributed by atoms with Gasteiger partial charge >= 0.3 is 0 Å². The average Bonchev–Trinajstić information content (AvgIpc) is 1.65. The van der Waals surface area contributed by atoms with E-state index in [4.69, 9.17) is 10.5 Å². The van der Waals surface area contributed by atoms with Gasteiger partial charge in [-0.2, -0.15) is 0 Å². The summed E-state index contributed by atoms with van der Waals surface area (Å²) in [5.74, 6) is 0.972. The minimum Gasteiger partial charge on any atom is -0.499 e. The van der Waals surface area contributed by atoms with Gasteiger partial charge in [-0.3, -0.25) is 0 Å². The molecular weight excluding hydrogens is 90.1 g/mol. The third kappa shape index (κ3) is 0.557. The Balaban J connectivity index is 2.53. The van der Waals surface area contributed by atoms with Crippen LogP contribution in [0.25, 0.3) is 0 Å². The van der Waals surface area contributed by atoms with Crippen molar-refractivity contribution in [2.24, 2.45) is 5.73 Å². The second kappa shape index (κ2) is 1.45. The van der Waals surface area contributed by atoms with E-state index in [1.54, 1.807) is 7.11 Å². The third-order valence-electron chi connectivity index (χ3n) is 1.23. The first-order valence-electron chi connectivity index (χ1n) is 2.36. The monoisotopic (exact) mass is 99.1 g/mol. The van der Waals surface area contributed by atoms with Gasteiger partial charge in [-0.25, -0.2) is 0 Å². The number of rotatable bonds is 1. The van der Waals surface area contributed by atoms with Crippen LogP contribution < -0.4 is 5.73 Å². The molecule has 0 aromatic rings. The highest BCUT2D eigenvalue weighted by Crippen LogP contribution is 2.22. The van der Waals surface area contributed by atoms with Gasteiger partial charge in [0.15, 0.2) is 0 Å². The van der Waals surface area contributed by atoms with Crippen molar-refractivity contribution in [3.8, 4) is 0 Å². The van der Waals surface area contributed by atoms with Crippen LogP contribution in [0.4, 0.5) is 0 Å². The molecule has 0 atom stereocenters. The Bertz CT molecular complexity index is 107. The number of methoxy groups -OCH3 is 1. The Labute approximate surface area is 43.0 Å². The largest absolute Gasteiger partial charge is 0.499 e. The Morgan fingerprint density at radius 3 is 2.29 bits per heavy atom. The second-order valence-electron chi connectivity index (χ2n) is 1.65. The molecule has 1 aliphatic rings. The van der Waals surface area contributed by atoms with Crippen molar-refractivity contribution in [2.45, 2.75) is 12.8 Å². The Morgan fingerprint density at radius 2 is 2.29 bits per heavy atom. The summed E-state index contributed by atoms with van der Waals surface area (Å²) in [7, 11) is 1.65. The van der Waals surface area contributed by atoms with Crippen molar-refractivity contribution in [2.75, 3.05) is 7.11 Å². The minimum absolute atomic E-state index is 0.919. The zero-order chi connectivity index (χ0) is 5.28. The SMILES string of the molecule is COC1=C(N)CC1. The summed E-state index contributed by atoms with van der Waals surface area (Å²) in [5, 5.41) is 0.